The molecular weight excluding hydrogens is 198 g/mol. The molecule has 2 rings (SSSR count). The van der Waals surface area contributed by atoms with E-state index in [-0.39, 0.29) is 11.7 Å². The summed E-state index contributed by atoms with van der Waals surface area (Å²) in [4.78, 5) is 24.3. The Labute approximate surface area is 88.0 Å². The quantitative estimate of drug-likeness (QED) is 0.688. The number of carbonyl (C=O) groups excluding carboxylic acids is 1. The van der Waals surface area contributed by atoms with E-state index in [0.717, 1.165) is 13.1 Å². The Morgan fingerprint density at radius 2 is 1.93 bits per heavy atom. The van der Waals surface area contributed by atoms with E-state index in [4.69, 9.17) is 9.84 Å². The fourth-order valence-corrected chi connectivity index (χ4v) is 1.92. The van der Waals surface area contributed by atoms with Crippen molar-refractivity contribution < 1.29 is 19.4 Å². The first-order valence-corrected chi connectivity index (χ1v) is 5.24. The van der Waals surface area contributed by atoms with E-state index in [1.807, 2.05) is 4.90 Å². The van der Waals surface area contributed by atoms with Gasteiger partial charge in [-0.05, 0) is 6.42 Å². The molecule has 1 N–H and O–H groups in total. The number of nitrogens with zero attached hydrogens (tertiary/aromatic N) is 1. The van der Waals surface area contributed by atoms with E-state index in [1.54, 1.807) is 0 Å². The fraction of sp³-hybridized carbons (Fsp3) is 0.800. The molecule has 2 aliphatic rings. The lowest BCUT2D eigenvalue weighted by molar-refractivity contribution is -0.140. The molecule has 5 heteroatoms. The standard InChI is InChI=1S/C10H15NO4/c12-9(7-5-8(7)10(13)14)6-11-1-3-15-4-2-11/h7-8H,1-6H2,(H,13,14). The van der Waals surface area contributed by atoms with Crippen molar-refractivity contribution in [1.82, 2.24) is 4.90 Å². The summed E-state index contributed by atoms with van der Waals surface area (Å²) in [6.07, 6.45) is 0.526. The summed E-state index contributed by atoms with van der Waals surface area (Å²) in [5, 5.41) is 8.69. The van der Waals surface area contributed by atoms with Crippen LogP contribution in [0.15, 0.2) is 0 Å². The maximum absolute atomic E-state index is 11.6. The van der Waals surface area contributed by atoms with Gasteiger partial charge in [-0.25, -0.2) is 0 Å². The Morgan fingerprint density at radius 1 is 1.27 bits per heavy atom. The van der Waals surface area contributed by atoms with Crippen LogP contribution in [-0.2, 0) is 14.3 Å². The molecule has 0 aromatic rings. The second kappa shape index (κ2) is 4.28. The fourth-order valence-electron chi connectivity index (χ4n) is 1.92. The highest BCUT2D eigenvalue weighted by Gasteiger charge is 2.47. The number of ketones is 1. The van der Waals surface area contributed by atoms with Crippen LogP contribution in [0.4, 0.5) is 0 Å². The Kier molecular flexibility index (Phi) is 3.02. The van der Waals surface area contributed by atoms with Crippen molar-refractivity contribution in [2.24, 2.45) is 11.8 Å². The Hall–Kier alpha value is -0.940. The second-order valence-corrected chi connectivity index (χ2v) is 4.14. The topological polar surface area (TPSA) is 66.8 Å². The van der Waals surface area contributed by atoms with Gasteiger partial charge in [0, 0.05) is 19.0 Å². The zero-order valence-electron chi connectivity index (χ0n) is 8.52. The van der Waals surface area contributed by atoms with Crippen LogP contribution in [0.25, 0.3) is 0 Å². The number of hydrogen-bond donors (Lipinski definition) is 1. The van der Waals surface area contributed by atoms with Crippen molar-refractivity contribution >= 4 is 11.8 Å². The third kappa shape index (κ3) is 2.54. The monoisotopic (exact) mass is 213 g/mol. The van der Waals surface area contributed by atoms with E-state index in [2.05, 4.69) is 0 Å². The number of aliphatic carboxylic acids is 1. The molecule has 15 heavy (non-hydrogen) atoms. The van der Waals surface area contributed by atoms with Gasteiger partial charge in [-0.2, -0.15) is 0 Å². The summed E-state index contributed by atoms with van der Waals surface area (Å²) in [5.74, 6) is -1.41. The van der Waals surface area contributed by atoms with Crippen LogP contribution < -0.4 is 0 Å². The van der Waals surface area contributed by atoms with E-state index in [1.165, 1.54) is 0 Å². The van der Waals surface area contributed by atoms with Crippen LogP contribution in [0, 0.1) is 11.8 Å². The van der Waals surface area contributed by atoms with Crippen LogP contribution in [0.1, 0.15) is 6.42 Å². The highest BCUT2D eigenvalue weighted by Crippen LogP contribution is 2.39. The third-order valence-electron chi connectivity index (χ3n) is 3.00. The first kappa shape index (κ1) is 10.6. The Balaban J connectivity index is 1.75. The molecule has 84 valence electrons. The maximum atomic E-state index is 11.6. The van der Waals surface area contributed by atoms with Crippen LogP contribution >= 0.6 is 0 Å². The van der Waals surface area contributed by atoms with Gasteiger partial charge in [-0.1, -0.05) is 0 Å². The molecule has 0 radical (unpaired) electrons. The molecule has 2 atom stereocenters. The molecule has 0 bridgehead atoms. The first-order valence-electron chi connectivity index (χ1n) is 5.24. The highest BCUT2D eigenvalue weighted by atomic mass is 16.5. The predicted octanol–water partition coefficient (Wildman–Crippen LogP) is -0.392. The molecule has 2 unspecified atom stereocenters. The summed E-state index contributed by atoms with van der Waals surface area (Å²) in [7, 11) is 0. The lowest BCUT2D eigenvalue weighted by Gasteiger charge is -2.25. The van der Waals surface area contributed by atoms with Crippen LogP contribution in [0.2, 0.25) is 0 Å². The average molecular weight is 213 g/mol. The van der Waals surface area contributed by atoms with Gasteiger partial charge in [-0.15, -0.1) is 0 Å². The van der Waals surface area contributed by atoms with Crippen LogP contribution in [-0.4, -0.2) is 54.6 Å². The lowest BCUT2D eigenvalue weighted by Crippen LogP contribution is -2.40. The molecule has 1 aliphatic heterocycles. The zero-order valence-corrected chi connectivity index (χ0v) is 8.52. The van der Waals surface area contributed by atoms with Crippen LogP contribution in [0.5, 0.6) is 0 Å². The smallest absolute Gasteiger partial charge is 0.307 e. The van der Waals surface area contributed by atoms with Gasteiger partial charge in [0.15, 0.2) is 5.78 Å². The van der Waals surface area contributed by atoms with Crippen molar-refractivity contribution in [2.45, 2.75) is 6.42 Å². The number of morpholine rings is 1. The van der Waals surface area contributed by atoms with Crippen molar-refractivity contribution in [3.8, 4) is 0 Å². The van der Waals surface area contributed by atoms with Gasteiger partial charge in [0.05, 0.1) is 25.7 Å². The maximum Gasteiger partial charge on any atom is 0.307 e. The predicted molar refractivity (Wildman–Crippen MR) is 51.5 cm³/mol. The van der Waals surface area contributed by atoms with Gasteiger partial charge >= 0.3 is 5.97 Å². The van der Waals surface area contributed by atoms with Crippen molar-refractivity contribution in [1.29, 1.82) is 0 Å². The first-order chi connectivity index (χ1) is 7.18. The summed E-state index contributed by atoms with van der Waals surface area (Å²) < 4.78 is 5.17. The molecule has 1 aliphatic carbocycles. The summed E-state index contributed by atoms with van der Waals surface area (Å²) >= 11 is 0. The van der Waals surface area contributed by atoms with Crippen molar-refractivity contribution in [3.05, 3.63) is 0 Å². The minimum absolute atomic E-state index is 0.0734. The molecule has 2 fully saturated rings. The van der Waals surface area contributed by atoms with E-state index >= 15 is 0 Å². The van der Waals surface area contributed by atoms with Gasteiger partial charge in [0.2, 0.25) is 0 Å². The number of hydrogen-bond acceptors (Lipinski definition) is 4. The largest absolute Gasteiger partial charge is 0.481 e. The van der Waals surface area contributed by atoms with E-state index in [9.17, 15) is 9.59 Å². The van der Waals surface area contributed by atoms with E-state index < -0.39 is 11.9 Å². The minimum atomic E-state index is -0.838. The summed E-state index contributed by atoms with van der Waals surface area (Å²) in [6, 6.07) is 0. The second-order valence-electron chi connectivity index (χ2n) is 4.14. The van der Waals surface area contributed by atoms with Gasteiger partial charge < -0.3 is 9.84 Å². The number of carbonyl (C=O) groups is 2. The minimum Gasteiger partial charge on any atom is -0.481 e. The molecule has 1 heterocycles. The van der Waals surface area contributed by atoms with Crippen molar-refractivity contribution in [2.75, 3.05) is 32.8 Å². The van der Waals surface area contributed by atoms with Gasteiger partial charge in [-0.3, -0.25) is 14.5 Å². The molecule has 0 spiro atoms. The number of carboxylic acids is 1. The van der Waals surface area contributed by atoms with Crippen molar-refractivity contribution in [3.63, 3.8) is 0 Å². The Morgan fingerprint density at radius 3 is 2.47 bits per heavy atom. The van der Waals surface area contributed by atoms with Gasteiger partial charge in [0.1, 0.15) is 0 Å². The molecular formula is C10H15NO4. The zero-order chi connectivity index (χ0) is 10.8. The molecule has 0 aromatic heterocycles. The summed E-state index contributed by atoms with van der Waals surface area (Å²) in [5.41, 5.74) is 0. The molecule has 1 saturated carbocycles. The number of rotatable bonds is 4. The normalized spacial score (nSPS) is 31.2. The van der Waals surface area contributed by atoms with E-state index in [0.29, 0.717) is 26.2 Å². The highest BCUT2D eigenvalue weighted by molar-refractivity contribution is 5.92. The Bertz CT molecular complexity index is 273. The number of ether oxygens (including phenoxy) is 1. The molecule has 1 saturated heterocycles. The molecule has 0 aromatic carbocycles. The van der Waals surface area contributed by atoms with Crippen LogP contribution in [0.3, 0.4) is 0 Å². The molecule has 0 amide bonds. The lowest BCUT2D eigenvalue weighted by atomic mass is 10.2. The molecule has 5 nitrogen and oxygen atoms in total. The SMILES string of the molecule is O=C(O)C1CC1C(=O)CN1CCOCC1. The van der Waals surface area contributed by atoms with Gasteiger partial charge in [0.25, 0.3) is 0 Å². The average Bonchev–Trinajstić information content (AvgIpc) is 2.98. The number of Topliss-reactive ketones (excluding diaryl/α,β-unsaturated/α-hetero) is 1. The third-order valence-corrected chi connectivity index (χ3v) is 3.00. The summed E-state index contributed by atoms with van der Waals surface area (Å²) in [6.45, 7) is 3.27. The number of carboxylic acid groups (broad SMARTS) is 1.